The average molecular weight is 748 g/mol. The van der Waals surface area contributed by atoms with E-state index in [2.05, 4.69) is 184 Å². The van der Waals surface area contributed by atoms with Gasteiger partial charge in [-0.25, -0.2) is 6.08 Å². The fraction of sp³-hybridized carbons (Fsp3) is 0.531. The first-order chi connectivity index (χ1) is 22.7. The van der Waals surface area contributed by atoms with Gasteiger partial charge in [-0.2, -0.15) is 29.3 Å². The molecule has 2 aliphatic rings. The van der Waals surface area contributed by atoms with E-state index in [0.29, 0.717) is 11.3 Å². The monoisotopic (exact) mass is 746 g/mol. The normalized spacial score (nSPS) is 15.7. The number of benzene rings is 3. The van der Waals surface area contributed by atoms with Crippen molar-refractivity contribution >= 4 is 3.21 Å². The van der Waals surface area contributed by atoms with Crippen molar-refractivity contribution < 1.29 is 24.2 Å². The van der Waals surface area contributed by atoms with Crippen molar-refractivity contribution in [3.63, 3.8) is 0 Å². The molecule has 5 rings (SSSR count). The summed E-state index contributed by atoms with van der Waals surface area (Å²) in [6.07, 6.45) is 11.4. The first-order valence-corrected chi connectivity index (χ1v) is 20.2. The van der Waals surface area contributed by atoms with Crippen LogP contribution in [0.5, 0.6) is 0 Å². The summed E-state index contributed by atoms with van der Waals surface area (Å²) in [4.78, 5) is 0. The second-order valence-corrected chi connectivity index (χ2v) is 21.6. The molecule has 0 fully saturated rings. The molecule has 2 aliphatic carbocycles. The Bertz CT molecular complexity index is 1610. The summed E-state index contributed by atoms with van der Waals surface area (Å²) < 4.78 is 1.46. The molecule has 0 nitrogen and oxygen atoms in total. The van der Waals surface area contributed by atoms with E-state index in [0.717, 1.165) is 6.42 Å². The van der Waals surface area contributed by atoms with Gasteiger partial charge < -0.3 is 0 Å². The molecule has 0 aromatic heterocycles. The Morgan fingerprint density at radius 1 is 0.680 bits per heavy atom. The van der Waals surface area contributed by atoms with Crippen molar-refractivity contribution in [2.75, 3.05) is 0 Å². The zero-order valence-electron chi connectivity index (χ0n) is 35.0. The summed E-state index contributed by atoms with van der Waals surface area (Å²) in [5.41, 5.74) is 15.1. The van der Waals surface area contributed by atoms with Gasteiger partial charge in [0.15, 0.2) is 0 Å². The van der Waals surface area contributed by atoms with E-state index in [4.69, 9.17) is 0 Å². The zero-order valence-corrected chi connectivity index (χ0v) is 37.4. The van der Waals surface area contributed by atoms with Crippen LogP contribution in [-0.4, -0.2) is 3.21 Å². The maximum atomic E-state index is 3.90. The SMILES string of the molecule is CC(C)(C)c1[c-]c2c(cc1C(C)(C)C)-c1cc(C(C)(C)C)c(C(C)(C)C)cc1C2.CCCC1[C-]=CC(C(C)(C)C)=C1.C[C](=[Zr+2])c1ccccc1. The molecule has 268 valence electrons. The van der Waals surface area contributed by atoms with Crippen molar-refractivity contribution in [1.29, 1.82) is 0 Å². The molecule has 0 radical (unpaired) electrons. The summed E-state index contributed by atoms with van der Waals surface area (Å²) in [6, 6.07) is 21.9. The van der Waals surface area contributed by atoms with Crippen molar-refractivity contribution in [2.45, 2.75) is 159 Å². The van der Waals surface area contributed by atoms with Crippen LogP contribution < -0.4 is 0 Å². The third kappa shape index (κ3) is 11.0. The summed E-state index contributed by atoms with van der Waals surface area (Å²) >= 11 is 1.51. The fourth-order valence-electron chi connectivity index (χ4n) is 6.77. The van der Waals surface area contributed by atoms with Crippen LogP contribution in [0.1, 0.15) is 169 Å². The molecular formula is C49H68Zr. The van der Waals surface area contributed by atoms with Crippen molar-refractivity contribution in [2.24, 2.45) is 11.3 Å². The van der Waals surface area contributed by atoms with Crippen LogP contribution >= 0.6 is 0 Å². The molecule has 1 atom stereocenters. The van der Waals surface area contributed by atoms with Gasteiger partial charge in [0.1, 0.15) is 0 Å². The van der Waals surface area contributed by atoms with E-state index in [-0.39, 0.29) is 21.7 Å². The van der Waals surface area contributed by atoms with Gasteiger partial charge in [-0.3, -0.25) is 6.08 Å². The van der Waals surface area contributed by atoms with Gasteiger partial charge in [-0.05, 0) is 39.4 Å². The number of rotatable bonds is 3. The molecule has 0 bridgehead atoms. The molecule has 1 heteroatoms. The van der Waals surface area contributed by atoms with Gasteiger partial charge in [0.25, 0.3) is 0 Å². The molecule has 1 unspecified atom stereocenters. The van der Waals surface area contributed by atoms with Gasteiger partial charge in [-0.15, -0.1) is 16.7 Å². The minimum absolute atomic E-state index is 0.0968. The Morgan fingerprint density at radius 3 is 1.62 bits per heavy atom. The molecule has 0 amide bonds. The molecule has 0 saturated heterocycles. The Labute approximate surface area is 324 Å². The van der Waals surface area contributed by atoms with Gasteiger partial charge in [0.2, 0.25) is 0 Å². The molecule has 0 N–H and O–H groups in total. The van der Waals surface area contributed by atoms with E-state index < -0.39 is 0 Å². The van der Waals surface area contributed by atoms with Gasteiger partial charge in [0, 0.05) is 0 Å². The third-order valence-corrected chi connectivity index (χ3v) is 10.4. The van der Waals surface area contributed by atoms with Crippen LogP contribution in [0, 0.1) is 23.5 Å². The van der Waals surface area contributed by atoms with Gasteiger partial charge in [-0.1, -0.05) is 158 Å². The molecule has 50 heavy (non-hydrogen) atoms. The summed E-state index contributed by atoms with van der Waals surface area (Å²) in [6.45, 7) is 39.1. The molecule has 0 saturated carbocycles. The van der Waals surface area contributed by atoms with Crippen LogP contribution in [0.15, 0.2) is 66.3 Å². The third-order valence-electron chi connectivity index (χ3n) is 9.74. The molecule has 3 aromatic rings. The first kappa shape index (κ1) is 42.3. The second kappa shape index (κ2) is 15.9. The summed E-state index contributed by atoms with van der Waals surface area (Å²) in [7, 11) is 0. The molecule has 0 spiro atoms. The van der Waals surface area contributed by atoms with Crippen molar-refractivity contribution in [1.82, 2.24) is 0 Å². The van der Waals surface area contributed by atoms with Gasteiger partial charge in [0.05, 0.1) is 0 Å². The van der Waals surface area contributed by atoms with Gasteiger partial charge >= 0.3 is 70.3 Å². The van der Waals surface area contributed by atoms with E-state index in [1.807, 2.05) is 6.07 Å². The predicted octanol–water partition coefficient (Wildman–Crippen LogP) is 13.8. The fourth-order valence-corrected chi connectivity index (χ4v) is 7.18. The minimum atomic E-state index is 0.0968. The van der Waals surface area contributed by atoms with Crippen LogP contribution in [0.25, 0.3) is 11.1 Å². The predicted molar refractivity (Wildman–Crippen MR) is 218 cm³/mol. The number of hydrogen-bond donors (Lipinski definition) is 0. The topological polar surface area (TPSA) is 0 Å². The number of hydrogen-bond acceptors (Lipinski definition) is 0. The van der Waals surface area contributed by atoms with Crippen LogP contribution in [-0.2, 0) is 52.3 Å². The molecule has 0 heterocycles. The standard InChI is InChI=1S/C29H41.C12H19.C8H8.Zr/c1-26(2,3)22-14-18-13-19-15-23(27(4,5)6)25(29(10,11)12)17-21(19)20(18)16-24(22)28(7,8)9;1-5-6-10-7-8-11(9-10)12(2,3)4;1-2-8-6-4-3-5-7-8;/h14,16-17H,13H2,1-12H3;8-10H,5-6H2,1-4H3;3-7H,1H3;/q2*-1;;+2. The molecule has 3 aromatic carbocycles. The average Bonchev–Trinajstić information content (AvgIpc) is 3.60. The first-order valence-electron chi connectivity index (χ1n) is 19.0. The second-order valence-electron chi connectivity index (χ2n) is 19.8. The Kier molecular flexibility index (Phi) is 13.4. The van der Waals surface area contributed by atoms with Crippen molar-refractivity contribution in [3.05, 3.63) is 117 Å². The number of fused-ring (bicyclic) bond motifs is 3. The Balaban J connectivity index is 0.000000261. The van der Waals surface area contributed by atoms with Crippen LogP contribution in [0.4, 0.5) is 0 Å². The maximum absolute atomic E-state index is 3.90. The van der Waals surface area contributed by atoms with E-state index >= 15 is 0 Å². The Hall–Kier alpha value is -2.11. The van der Waals surface area contributed by atoms with E-state index in [9.17, 15) is 0 Å². The van der Waals surface area contributed by atoms with E-state index in [1.165, 1.54) is 95.9 Å². The van der Waals surface area contributed by atoms with E-state index in [1.54, 1.807) is 0 Å². The van der Waals surface area contributed by atoms with Crippen LogP contribution in [0.2, 0.25) is 0 Å². The van der Waals surface area contributed by atoms with Crippen molar-refractivity contribution in [3.8, 4) is 11.1 Å². The quantitative estimate of drug-likeness (QED) is 0.183. The summed E-state index contributed by atoms with van der Waals surface area (Å²) in [5.74, 6) is 0.587. The van der Waals surface area contributed by atoms with Crippen LogP contribution in [0.3, 0.4) is 0 Å². The molecular weight excluding hydrogens is 680 g/mol. The number of allylic oxidation sites excluding steroid dienone is 4. The summed E-state index contributed by atoms with van der Waals surface area (Å²) in [5, 5.41) is 0. The Morgan fingerprint density at radius 2 is 1.20 bits per heavy atom. The zero-order chi connectivity index (χ0) is 38.0. The molecule has 0 aliphatic heterocycles.